The van der Waals surface area contributed by atoms with Crippen molar-refractivity contribution in [1.29, 1.82) is 0 Å². The van der Waals surface area contributed by atoms with Crippen molar-refractivity contribution in [3.05, 3.63) is 17.2 Å². The molecule has 0 radical (unpaired) electrons. The van der Waals surface area contributed by atoms with Crippen LogP contribution in [-0.2, 0) is 19.5 Å². The van der Waals surface area contributed by atoms with Gasteiger partial charge in [-0.05, 0) is 39.8 Å². The minimum atomic E-state index is 0.364. The summed E-state index contributed by atoms with van der Waals surface area (Å²) >= 11 is 0. The Morgan fingerprint density at radius 3 is 2.71 bits per heavy atom. The average molecular weight is 288 g/mol. The molecule has 1 aromatic heterocycles. The molecule has 2 saturated carbocycles. The van der Waals surface area contributed by atoms with E-state index in [4.69, 9.17) is 4.98 Å². The zero-order valence-corrected chi connectivity index (χ0v) is 13.5. The molecule has 4 rings (SSSR count). The van der Waals surface area contributed by atoms with Gasteiger partial charge < -0.3 is 14.8 Å². The van der Waals surface area contributed by atoms with Gasteiger partial charge in [0, 0.05) is 43.2 Å². The molecule has 4 nitrogen and oxygen atoms in total. The van der Waals surface area contributed by atoms with Crippen molar-refractivity contribution in [3.8, 4) is 0 Å². The van der Waals surface area contributed by atoms with Crippen LogP contribution < -0.4 is 5.32 Å². The second-order valence-corrected chi connectivity index (χ2v) is 7.48. The summed E-state index contributed by atoms with van der Waals surface area (Å²) in [6.07, 6.45) is 9.30. The first-order valence-corrected chi connectivity index (χ1v) is 8.66. The Morgan fingerprint density at radius 2 is 2.05 bits per heavy atom. The molecule has 0 spiro atoms. The standard InChI is InChI=1S/C17H28N4/c1-20(2)17(8-3-4-9-17)12-21-15-7-10-18-11-14(15)19-16(21)13-5-6-13/h13,18H,3-12H2,1-2H3. The molecule has 1 aliphatic heterocycles. The normalized spacial score (nSPS) is 24.5. The van der Waals surface area contributed by atoms with Crippen molar-refractivity contribution in [2.24, 2.45) is 0 Å². The van der Waals surface area contributed by atoms with Gasteiger partial charge in [0.2, 0.25) is 0 Å². The molecule has 0 bridgehead atoms. The molecule has 2 heterocycles. The van der Waals surface area contributed by atoms with Crippen molar-refractivity contribution in [1.82, 2.24) is 19.8 Å². The molecule has 0 unspecified atom stereocenters. The van der Waals surface area contributed by atoms with Gasteiger partial charge in [0.15, 0.2) is 0 Å². The molecule has 4 heteroatoms. The molecule has 0 aromatic carbocycles. The maximum Gasteiger partial charge on any atom is 0.112 e. The number of fused-ring (bicyclic) bond motifs is 1. The van der Waals surface area contributed by atoms with Crippen LogP contribution in [0, 0.1) is 0 Å². The third kappa shape index (κ3) is 2.33. The lowest BCUT2D eigenvalue weighted by Crippen LogP contribution is -2.46. The van der Waals surface area contributed by atoms with E-state index in [1.807, 2.05) is 0 Å². The molecular weight excluding hydrogens is 260 g/mol. The molecule has 0 atom stereocenters. The van der Waals surface area contributed by atoms with Crippen molar-refractivity contribution in [2.75, 3.05) is 20.6 Å². The number of aromatic nitrogens is 2. The largest absolute Gasteiger partial charge is 0.330 e. The average Bonchev–Trinajstić information content (AvgIpc) is 3.10. The highest BCUT2D eigenvalue weighted by atomic mass is 15.2. The van der Waals surface area contributed by atoms with Gasteiger partial charge >= 0.3 is 0 Å². The van der Waals surface area contributed by atoms with Crippen LogP contribution in [0.4, 0.5) is 0 Å². The molecule has 1 N–H and O–H groups in total. The summed E-state index contributed by atoms with van der Waals surface area (Å²) in [5.74, 6) is 2.15. The molecular formula is C17H28N4. The Hall–Kier alpha value is -0.870. The Balaban J connectivity index is 1.71. The summed E-state index contributed by atoms with van der Waals surface area (Å²) in [5.41, 5.74) is 3.22. The van der Waals surface area contributed by atoms with Crippen molar-refractivity contribution >= 4 is 0 Å². The Labute approximate surface area is 127 Å². The van der Waals surface area contributed by atoms with E-state index >= 15 is 0 Å². The van der Waals surface area contributed by atoms with Gasteiger partial charge in [0.1, 0.15) is 5.82 Å². The summed E-state index contributed by atoms with van der Waals surface area (Å²) in [6.45, 7) is 3.24. The maximum absolute atomic E-state index is 5.03. The molecule has 1 aromatic rings. The Bertz CT molecular complexity index is 521. The molecule has 0 amide bonds. The van der Waals surface area contributed by atoms with E-state index < -0.39 is 0 Å². The minimum Gasteiger partial charge on any atom is -0.330 e. The van der Waals surface area contributed by atoms with Crippen LogP contribution in [-0.4, -0.2) is 40.6 Å². The lowest BCUT2D eigenvalue weighted by Gasteiger charge is -2.38. The summed E-state index contributed by atoms with van der Waals surface area (Å²) in [7, 11) is 4.54. The molecule has 116 valence electrons. The number of hydrogen-bond acceptors (Lipinski definition) is 3. The van der Waals surface area contributed by atoms with E-state index in [2.05, 4.69) is 28.9 Å². The van der Waals surface area contributed by atoms with E-state index in [-0.39, 0.29) is 0 Å². The summed E-state index contributed by atoms with van der Waals surface area (Å²) in [5, 5.41) is 3.48. The quantitative estimate of drug-likeness (QED) is 0.923. The van der Waals surface area contributed by atoms with Gasteiger partial charge in [0.25, 0.3) is 0 Å². The second-order valence-electron chi connectivity index (χ2n) is 7.48. The van der Waals surface area contributed by atoms with Crippen molar-refractivity contribution < 1.29 is 0 Å². The maximum atomic E-state index is 5.03. The summed E-state index contributed by atoms with van der Waals surface area (Å²) in [4.78, 5) is 7.52. The predicted molar refractivity (Wildman–Crippen MR) is 84.5 cm³/mol. The smallest absolute Gasteiger partial charge is 0.112 e. The van der Waals surface area contributed by atoms with E-state index in [1.54, 1.807) is 0 Å². The first kappa shape index (κ1) is 13.8. The third-order valence-corrected chi connectivity index (χ3v) is 5.89. The number of hydrogen-bond donors (Lipinski definition) is 1. The third-order valence-electron chi connectivity index (χ3n) is 5.89. The fraction of sp³-hybridized carbons (Fsp3) is 0.824. The lowest BCUT2D eigenvalue weighted by molar-refractivity contribution is 0.131. The van der Waals surface area contributed by atoms with Gasteiger partial charge in [-0.15, -0.1) is 0 Å². The number of imidazole rings is 1. The molecule has 2 aliphatic carbocycles. The topological polar surface area (TPSA) is 33.1 Å². The van der Waals surface area contributed by atoms with Crippen LogP contribution in [0.3, 0.4) is 0 Å². The zero-order chi connectivity index (χ0) is 14.4. The van der Waals surface area contributed by atoms with Gasteiger partial charge in [0.05, 0.1) is 5.69 Å². The molecule has 21 heavy (non-hydrogen) atoms. The van der Waals surface area contributed by atoms with E-state index in [0.29, 0.717) is 5.54 Å². The SMILES string of the molecule is CN(C)C1(Cn2c(C3CC3)nc3c2CCNC3)CCCC1. The first-order chi connectivity index (χ1) is 10.2. The fourth-order valence-electron chi connectivity index (χ4n) is 4.30. The number of rotatable bonds is 4. The monoisotopic (exact) mass is 288 g/mol. The highest BCUT2D eigenvalue weighted by Gasteiger charge is 2.39. The second kappa shape index (κ2) is 5.10. The van der Waals surface area contributed by atoms with Crippen LogP contribution >= 0.6 is 0 Å². The van der Waals surface area contributed by atoms with Crippen LogP contribution in [0.2, 0.25) is 0 Å². The Morgan fingerprint density at radius 1 is 1.29 bits per heavy atom. The van der Waals surface area contributed by atoms with Crippen LogP contribution in [0.15, 0.2) is 0 Å². The molecule has 0 saturated heterocycles. The van der Waals surface area contributed by atoms with Gasteiger partial charge in [-0.3, -0.25) is 0 Å². The number of nitrogens with one attached hydrogen (secondary N) is 1. The zero-order valence-electron chi connectivity index (χ0n) is 13.5. The lowest BCUT2D eigenvalue weighted by atomic mass is 9.95. The fourth-order valence-corrected chi connectivity index (χ4v) is 4.30. The highest BCUT2D eigenvalue weighted by molar-refractivity contribution is 5.24. The van der Waals surface area contributed by atoms with Crippen LogP contribution in [0.1, 0.15) is 61.7 Å². The minimum absolute atomic E-state index is 0.364. The van der Waals surface area contributed by atoms with Gasteiger partial charge in [-0.25, -0.2) is 4.98 Å². The molecule has 2 fully saturated rings. The summed E-state index contributed by atoms with van der Waals surface area (Å²) in [6, 6.07) is 0. The van der Waals surface area contributed by atoms with Gasteiger partial charge in [-0.1, -0.05) is 12.8 Å². The van der Waals surface area contributed by atoms with Crippen molar-refractivity contribution in [3.63, 3.8) is 0 Å². The van der Waals surface area contributed by atoms with Gasteiger partial charge in [-0.2, -0.15) is 0 Å². The van der Waals surface area contributed by atoms with Crippen LogP contribution in [0.5, 0.6) is 0 Å². The predicted octanol–water partition coefficient (Wildman–Crippen LogP) is 2.28. The van der Waals surface area contributed by atoms with E-state index in [9.17, 15) is 0 Å². The summed E-state index contributed by atoms with van der Waals surface area (Å²) < 4.78 is 2.64. The number of likely N-dealkylation sites (N-methyl/N-ethyl adjacent to an activating group) is 1. The Kier molecular flexibility index (Phi) is 3.34. The molecule has 3 aliphatic rings. The first-order valence-electron chi connectivity index (χ1n) is 8.66. The number of nitrogens with zero attached hydrogens (tertiary/aromatic N) is 3. The van der Waals surface area contributed by atoms with E-state index in [0.717, 1.165) is 32.0 Å². The van der Waals surface area contributed by atoms with E-state index in [1.165, 1.54) is 55.7 Å². The van der Waals surface area contributed by atoms with Crippen molar-refractivity contribution in [2.45, 2.75) is 69.5 Å². The highest BCUT2D eigenvalue weighted by Crippen LogP contribution is 2.43. The van der Waals surface area contributed by atoms with Crippen LogP contribution in [0.25, 0.3) is 0 Å².